The van der Waals surface area contributed by atoms with E-state index in [1.807, 2.05) is 0 Å². The first kappa shape index (κ1) is 13.9. The minimum Gasteiger partial charge on any atom is -0.377 e. The Kier molecular flexibility index (Phi) is 3.71. The van der Waals surface area contributed by atoms with E-state index in [1.165, 1.54) is 44.9 Å². The van der Waals surface area contributed by atoms with E-state index < -0.39 is 0 Å². The topological polar surface area (TPSA) is 59.6 Å². The molecule has 0 aromatic rings. The number of hydrogen-bond donors (Lipinski definition) is 2. The van der Waals surface area contributed by atoms with Gasteiger partial charge in [0.2, 0.25) is 0 Å². The van der Waals surface area contributed by atoms with Crippen molar-refractivity contribution >= 4 is 29.9 Å². The minimum atomic E-state index is 0. The van der Waals surface area contributed by atoms with Crippen molar-refractivity contribution in [3.05, 3.63) is 0 Å². The summed E-state index contributed by atoms with van der Waals surface area (Å²) in [6.07, 6.45) is 9.43. The summed E-state index contributed by atoms with van der Waals surface area (Å²) in [5.41, 5.74) is 6.40. The second-order valence-electron chi connectivity index (χ2n) is 6.56. The van der Waals surface area contributed by atoms with E-state index in [1.54, 1.807) is 0 Å². The van der Waals surface area contributed by atoms with Crippen LogP contribution in [0.3, 0.4) is 0 Å². The first-order chi connectivity index (χ1) is 8.79. The molecule has 1 aliphatic heterocycles. The highest BCUT2D eigenvalue weighted by Gasteiger charge is 2.65. The lowest BCUT2D eigenvalue weighted by Gasteiger charge is -2.54. The van der Waals surface area contributed by atoms with Gasteiger partial charge < -0.3 is 15.8 Å². The number of aliphatic imine (C=N–C) groups is 1. The summed E-state index contributed by atoms with van der Waals surface area (Å²) in [6, 6.07) is 1.03. The highest BCUT2D eigenvalue weighted by Crippen LogP contribution is 2.61. The summed E-state index contributed by atoms with van der Waals surface area (Å²) in [4.78, 5) is 4.84. The van der Waals surface area contributed by atoms with Crippen molar-refractivity contribution < 1.29 is 4.74 Å². The number of nitrogens with two attached hydrogens (primary N) is 1. The fourth-order valence-electron chi connectivity index (χ4n) is 4.46. The average molecular weight is 377 g/mol. The van der Waals surface area contributed by atoms with E-state index in [0.29, 0.717) is 35.5 Å². The number of rotatable bonds is 2. The van der Waals surface area contributed by atoms with Crippen molar-refractivity contribution in [1.29, 1.82) is 0 Å². The zero-order valence-electron chi connectivity index (χ0n) is 11.3. The van der Waals surface area contributed by atoms with E-state index in [4.69, 9.17) is 15.5 Å². The summed E-state index contributed by atoms with van der Waals surface area (Å²) in [5, 5.41) is 3.33. The predicted octanol–water partition coefficient (Wildman–Crippen LogP) is 2.02. The van der Waals surface area contributed by atoms with Crippen LogP contribution in [0.25, 0.3) is 0 Å². The van der Waals surface area contributed by atoms with E-state index in [9.17, 15) is 0 Å². The zero-order valence-corrected chi connectivity index (χ0v) is 13.6. The van der Waals surface area contributed by atoms with Crippen molar-refractivity contribution in [1.82, 2.24) is 5.32 Å². The Morgan fingerprint density at radius 2 is 1.95 bits per heavy atom. The first-order valence-electron chi connectivity index (χ1n) is 7.51. The smallest absolute Gasteiger partial charge is 0.189 e. The van der Waals surface area contributed by atoms with Gasteiger partial charge in [0.25, 0.3) is 0 Å². The standard InChI is InChI=1S/C14H23N3O.HI/c15-13(16-9-3-4-9)17-11-10-5-8-18-12(10)14(11)6-1-2-7-14;/h9-12H,1-8H2,(H3,15,16,17);1H. The lowest BCUT2D eigenvalue weighted by Crippen LogP contribution is -2.61. The third kappa shape index (κ3) is 2.17. The third-order valence-electron chi connectivity index (χ3n) is 5.44. The Morgan fingerprint density at radius 3 is 2.63 bits per heavy atom. The van der Waals surface area contributed by atoms with Gasteiger partial charge in [-0.1, -0.05) is 12.8 Å². The quantitative estimate of drug-likeness (QED) is 0.440. The maximum absolute atomic E-state index is 6.06. The zero-order chi connectivity index (χ0) is 12.2. The molecule has 3 saturated carbocycles. The van der Waals surface area contributed by atoms with Crippen LogP contribution in [0.4, 0.5) is 0 Å². The fraction of sp³-hybridized carbons (Fsp3) is 0.929. The maximum Gasteiger partial charge on any atom is 0.189 e. The number of guanidine groups is 1. The van der Waals surface area contributed by atoms with Gasteiger partial charge in [-0.3, -0.25) is 0 Å². The minimum absolute atomic E-state index is 0. The van der Waals surface area contributed by atoms with Gasteiger partial charge in [0.15, 0.2) is 5.96 Å². The van der Waals surface area contributed by atoms with Gasteiger partial charge in [-0.15, -0.1) is 24.0 Å². The molecule has 4 nitrogen and oxygen atoms in total. The molecule has 4 fully saturated rings. The summed E-state index contributed by atoms with van der Waals surface area (Å²) in [6.45, 7) is 0.930. The van der Waals surface area contributed by atoms with Crippen LogP contribution < -0.4 is 11.1 Å². The molecule has 4 aliphatic rings. The molecule has 0 aromatic heterocycles. The van der Waals surface area contributed by atoms with Gasteiger partial charge in [-0.05, 0) is 32.1 Å². The third-order valence-corrected chi connectivity index (χ3v) is 5.44. The van der Waals surface area contributed by atoms with Crippen LogP contribution in [0.5, 0.6) is 0 Å². The van der Waals surface area contributed by atoms with Crippen molar-refractivity contribution in [3.8, 4) is 0 Å². The Morgan fingerprint density at radius 1 is 1.21 bits per heavy atom. The SMILES string of the molecule is I.NC(=NC1C2CCOC2C12CCCC2)NC1CC1. The van der Waals surface area contributed by atoms with Crippen LogP contribution in [-0.2, 0) is 4.74 Å². The van der Waals surface area contributed by atoms with Crippen LogP contribution in [0.15, 0.2) is 4.99 Å². The fourth-order valence-corrected chi connectivity index (χ4v) is 4.46. The number of halogens is 1. The van der Waals surface area contributed by atoms with Crippen molar-refractivity contribution in [2.75, 3.05) is 6.61 Å². The molecule has 1 heterocycles. The van der Waals surface area contributed by atoms with Crippen LogP contribution in [0.2, 0.25) is 0 Å². The molecule has 1 saturated heterocycles. The Labute approximate surface area is 132 Å². The largest absolute Gasteiger partial charge is 0.377 e. The van der Waals surface area contributed by atoms with E-state index in [0.717, 1.165) is 6.61 Å². The van der Waals surface area contributed by atoms with Gasteiger partial charge in [0.1, 0.15) is 0 Å². The molecule has 0 amide bonds. The molecule has 108 valence electrons. The second-order valence-corrected chi connectivity index (χ2v) is 6.56. The van der Waals surface area contributed by atoms with E-state index >= 15 is 0 Å². The highest BCUT2D eigenvalue weighted by atomic mass is 127. The molecule has 3 unspecified atom stereocenters. The van der Waals surface area contributed by atoms with Gasteiger partial charge in [0.05, 0.1) is 12.1 Å². The number of fused-ring (bicyclic) bond motifs is 2. The molecule has 4 rings (SSSR count). The number of hydrogen-bond acceptors (Lipinski definition) is 2. The summed E-state index contributed by atoms with van der Waals surface area (Å²) in [7, 11) is 0. The van der Waals surface area contributed by atoms with Crippen LogP contribution >= 0.6 is 24.0 Å². The van der Waals surface area contributed by atoms with Crippen molar-refractivity contribution in [2.24, 2.45) is 22.1 Å². The molecule has 3 aliphatic carbocycles. The van der Waals surface area contributed by atoms with Crippen LogP contribution in [0, 0.1) is 11.3 Å². The summed E-state index contributed by atoms with van der Waals surface area (Å²) >= 11 is 0. The number of nitrogens with zero attached hydrogens (tertiary/aromatic N) is 1. The number of ether oxygens (including phenoxy) is 1. The van der Waals surface area contributed by atoms with Gasteiger partial charge in [-0.25, -0.2) is 4.99 Å². The second kappa shape index (κ2) is 5.06. The predicted molar refractivity (Wildman–Crippen MR) is 85.7 cm³/mol. The Hall–Kier alpha value is -0.0400. The summed E-state index contributed by atoms with van der Waals surface area (Å²) in [5.74, 6) is 1.32. The molecule has 0 radical (unpaired) electrons. The van der Waals surface area contributed by atoms with E-state index in [-0.39, 0.29) is 24.0 Å². The van der Waals surface area contributed by atoms with E-state index in [2.05, 4.69) is 5.32 Å². The normalized spacial score (nSPS) is 39.6. The maximum atomic E-state index is 6.06. The molecule has 0 aromatic carbocycles. The molecule has 3 N–H and O–H groups in total. The molecule has 19 heavy (non-hydrogen) atoms. The highest BCUT2D eigenvalue weighted by molar-refractivity contribution is 14.0. The molecule has 5 heteroatoms. The first-order valence-corrected chi connectivity index (χ1v) is 7.51. The monoisotopic (exact) mass is 377 g/mol. The van der Waals surface area contributed by atoms with Gasteiger partial charge in [-0.2, -0.15) is 0 Å². The molecule has 1 spiro atoms. The van der Waals surface area contributed by atoms with Crippen LogP contribution in [0.1, 0.15) is 44.9 Å². The molecule has 3 atom stereocenters. The lowest BCUT2D eigenvalue weighted by molar-refractivity contribution is -0.117. The van der Waals surface area contributed by atoms with Crippen molar-refractivity contribution in [3.63, 3.8) is 0 Å². The van der Waals surface area contributed by atoms with Crippen LogP contribution in [-0.4, -0.2) is 30.8 Å². The Bertz CT molecular complexity index is 377. The number of nitrogens with one attached hydrogen (secondary N) is 1. The van der Waals surface area contributed by atoms with Gasteiger partial charge >= 0.3 is 0 Å². The molecular formula is C14H24IN3O. The lowest BCUT2D eigenvalue weighted by atomic mass is 9.54. The molecule has 0 bridgehead atoms. The molecular weight excluding hydrogens is 353 g/mol. The average Bonchev–Trinajstić information content (AvgIpc) is 2.89. The Balaban J connectivity index is 0.00000110. The van der Waals surface area contributed by atoms with Gasteiger partial charge in [0, 0.05) is 24.0 Å². The summed E-state index contributed by atoms with van der Waals surface area (Å²) < 4.78 is 5.96. The van der Waals surface area contributed by atoms with Crippen molar-refractivity contribution in [2.45, 2.75) is 63.1 Å².